The van der Waals surface area contributed by atoms with Gasteiger partial charge in [-0.25, -0.2) is 10.2 Å². The summed E-state index contributed by atoms with van der Waals surface area (Å²) in [4.78, 5) is 4.64. The first-order valence-corrected chi connectivity index (χ1v) is 8.18. The molecule has 0 amide bonds. The van der Waals surface area contributed by atoms with Crippen LogP contribution in [0.2, 0.25) is 5.02 Å². The number of hydrogen-bond donors (Lipinski definition) is 2. The van der Waals surface area contributed by atoms with E-state index >= 15 is 0 Å². The van der Waals surface area contributed by atoms with Crippen LogP contribution in [0.5, 0.6) is 0 Å². The van der Waals surface area contributed by atoms with Crippen LogP contribution in [0.4, 0.5) is 5.69 Å². The van der Waals surface area contributed by atoms with Crippen molar-refractivity contribution < 1.29 is 10.4 Å². The zero-order valence-electron chi connectivity index (χ0n) is 11.4. The quantitative estimate of drug-likeness (QED) is 0.708. The molecule has 1 aliphatic heterocycles. The van der Waals surface area contributed by atoms with Gasteiger partial charge in [-0.15, -0.1) is 11.8 Å². The van der Waals surface area contributed by atoms with Gasteiger partial charge in [0.15, 0.2) is 5.69 Å². The second kappa shape index (κ2) is 5.26. The lowest BCUT2D eigenvalue weighted by atomic mass is 10.2. The number of thioether (sulfide) groups is 1. The Morgan fingerprint density at radius 1 is 1.32 bits per heavy atom. The van der Waals surface area contributed by atoms with E-state index in [0.29, 0.717) is 5.02 Å². The van der Waals surface area contributed by atoms with Crippen molar-refractivity contribution in [2.75, 3.05) is 0 Å². The summed E-state index contributed by atoms with van der Waals surface area (Å²) in [6.07, 6.45) is 0. The molecule has 0 spiro atoms. The van der Waals surface area contributed by atoms with Crippen molar-refractivity contribution in [3.05, 3.63) is 64.1 Å². The van der Waals surface area contributed by atoms with Crippen LogP contribution in [0, 0.1) is 5.21 Å². The SMILES string of the molecule is [O-][NH+](O)c1ccc(Cl)c(C2SCc3nc4ccccc4n32)c1. The van der Waals surface area contributed by atoms with E-state index in [9.17, 15) is 10.4 Å². The largest absolute Gasteiger partial charge is 0.595 e. The van der Waals surface area contributed by atoms with Gasteiger partial charge in [0, 0.05) is 22.7 Å². The monoisotopic (exact) mass is 333 g/mol. The average Bonchev–Trinajstić information content (AvgIpc) is 3.06. The lowest BCUT2D eigenvalue weighted by Crippen LogP contribution is -2.99. The first-order chi connectivity index (χ1) is 10.6. The van der Waals surface area contributed by atoms with Crippen molar-refractivity contribution in [2.45, 2.75) is 11.1 Å². The standard InChI is InChI=1S/C15H12ClN3O2S/c16-11-6-5-9(19(20)21)7-10(11)15-18-13-4-2-1-3-12(13)17-14(18)8-22-15/h1-7,15,19-20H,8H2. The van der Waals surface area contributed by atoms with Crippen molar-refractivity contribution in [3.8, 4) is 0 Å². The van der Waals surface area contributed by atoms with E-state index in [4.69, 9.17) is 11.6 Å². The van der Waals surface area contributed by atoms with Crippen LogP contribution >= 0.6 is 23.4 Å². The number of imidazole rings is 1. The van der Waals surface area contributed by atoms with E-state index < -0.39 is 5.23 Å². The lowest BCUT2D eigenvalue weighted by Gasteiger charge is -2.18. The van der Waals surface area contributed by atoms with Crippen LogP contribution in [0.1, 0.15) is 16.8 Å². The number of fused-ring (bicyclic) bond motifs is 3. The van der Waals surface area contributed by atoms with Crippen LogP contribution in [-0.2, 0) is 5.75 Å². The number of aromatic nitrogens is 2. The van der Waals surface area contributed by atoms with Gasteiger partial charge in [-0.2, -0.15) is 5.23 Å². The predicted molar refractivity (Wildman–Crippen MR) is 86.4 cm³/mol. The van der Waals surface area contributed by atoms with E-state index in [-0.39, 0.29) is 11.1 Å². The van der Waals surface area contributed by atoms with Crippen LogP contribution < -0.4 is 5.23 Å². The van der Waals surface area contributed by atoms with Crippen molar-refractivity contribution in [3.63, 3.8) is 0 Å². The Morgan fingerprint density at radius 2 is 2.14 bits per heavy atom. The third-order valence-electron chi connectivity index (χ3n) is 3.78. The molecule has 0 bridgehead atoms. The normalized spacial score (nSPS) is 18.6. The molecule has 2 aromatic carbocycles. The van der Waals surface area contributed by atoms with E-state index in [0.717, 1.165) is 28.2 Å². The van der Waals surface area contributed by atoms with Gasteiger partial charge in [0.2, 0.25) is 0 Å². The Balaban J connectivity index is 1.89. The summed E-state index contributed by atoms with van der Waals surface area (Å²) in [6, 6.07) is 12.8. The fourth-order valence-electron chi connectivity index (χ4n) is 2.78. The maximum atomic E-state index is 11.2. The Hall–Kier alpha value is -1.57. The fourth-order valence-corrected chi connectivity index (χ4v) is 4.34. The maximum absolute atomic E-state index is 11.2. The molecule has 0 aliphatic carbocycles. The fraction of sp³-hybridized carbons (Fsp3) is 0.133. The molecule has 4 rings (SSSR count). The topological polar surface area (TPSA) is 65.6 Å². The van der Waals surface area contributed by atoms with Gasteiger partial charge in [0.05, 0.1) is 16.8 Å². The molecule has 2 unspecified atom stereocenters. The molecule has 0 saturated carbocycles. The molecule has 0 fully saturated rings. The maximum Gasteiger partial charge on any atom is 0.164 e. The highest BCUT2D eigenvalue weighted by molar-refractivity contribution is 7.99. The molecule has 112 valence electrons. The Labute approximate surface area is 135 Å². The highest BCUT2D eigenvalue weighted by atomic mass is 35.5. The van der Waals surface area contributed by atoms with Gasteiger partial charge in [-0.3, -0.25) is 0 Å². The van der Waals surface area contributed by atoms with Crippen molar-refractivity contribution in [1.82, 2.24) is 9.55 Å². The third kappa shape index (κ3) is 2.12. The molecule has 0 saturated heterocycles. The molecular formula is C15H12ClN3O2S. The molecule has 2 atom stereocenters. The van der Waals surface area contributed by atoms with Crippen molar-refractivity contribution in [2.24, 2.45) is 0 Å². The molecule has 7 heteroatoms. The lowest BCUT2D eigenvalue weighted by molar-refractivity contribution is -0.991. The van der Waals surface area contributed by atoms with Crippen molar-refractivity contribution >= 4 is 40.1 Å². The van der Waals surface area contributed by atoms with Crippen LogP contribution in [-0.4, -0.2) is 14.8 Å². The summed E-state index contributed by atoms with van der Waals surface area (Å²) >= 11 is 8.03. The first kappa shape index (κ1) is 14.0. The molecular weight excluding hydrogens is 322 g/mol. The number of hydrogen-bond acceptors (Lipinski definition) is 4. The Bertz CT molecular complexity index is 865. The van der Waals surface area contributed by atoms with Gasteiger partial charge >= 0.3 is 0 Å². The minimum atomic E-state index is -0.948. The highest BCUT2D eigenvalue weighted by Crippen LogP contribution is 2.45. The van der Waals surface area contributed by atoms with Crippen LogP contribution in [0.15, 0.2) is 42.5 Å². The molecule has 5 nitrogen and oxygen atoms in total. The number of rotatable bonds is 2. The van der Waals surface area contributed by atoms with Crippen LogP contribution in [0.3, 0.4) is 0 Å². The van der Waals surface area contributed by atoms with E-state index in [1.807, 2.05) is 24.3 Å². The third-order valence-corrected chi connectivity index (χ3v) is 5.33. The van der Waals surface area contributed by atoms with Gasteiger partial charge in [-0.1, -0.05) is 23.7 Å². The van der Waals surface area contributed by atoms with Gasteiger partial charge in [0.25, 0.3) is 0 Å². The molecule has 2 heterocycles. The Kier molecular flexibility index (Phi) is 3.36. The number of nitrogens with one attached hydrogen (secondary N) is 1. The number of quaternary nitrogens is 1. The number of benzene rings is 2. The molecule has 2 N–H and O–H groups in total. The van der Waals surface area contributed by atoms with Gasteiger partial charge < -0.3 is 9.77 Å². The molecule has 22 heavy (non-hydrogen) atoms. The zero-order valence-corrected chi connectivity index (χ0v) is 12.9. The van der Waals surface area contributed by atoms with E-state index in [2.05, 4.69) is 9.55 Å². The van der Waals surface area contributed by atoms with Gasteiger partial charge in [-0.05, 0) is 18.2 Å². The second-order valence-corrected chi connectivity index (χ2v) is 6.57. The van der Waals surface area contributed by atoms with Crippen molar-refractivity contribution in [1.29, 1.82) is 0 Å². The molecule has 0 radical (unpaired) electrons. The number of para-hydroxylation sites is 2. The highest BCUT2D eigenvalue weighted by Gasteiger charge is 2.29. The second-order valence-electron chi connectivity index (χ2n) is 5.09. The minimum absolute atomic E-state index is 0.0470. The minimum Gasteiger partial charge on any atom is -0.595 e. The average molecular weight is 334 g/mol. The molecule has 1 aromatic heterocycles. The summed E-state index contributed by atoms with van der Waals surface area (Å²) < 4.78 is 2.15. The summed E-state index contributed by atoms with van der Waals surface area (Å²) in [6.45, 7) is 0. The van der Waals surface area contributed by atoms with Gasteiger partial charge in [0.1, 0.15) is 11.2 Å². The molecule has 1 aliphatic rings. The number of nitrogens with zero attached hydrogens (tertiary/aromatic N) is 2. The zero-order chi connectivity index (χ0) is 15.3. The van der Waals surface area contributed by atoms with E-state index in [1.165, 1.54) is 6.07 Å². The summed E-state index contributed by atoms with van der Waals surface area (Å²) in [7, 11) is 0. The van der Waals surface area contributed by atoms with Crippen LogP contribution in [0.25, 0.3) is 11.0 Å². The smallest absolute Gasteiger partial charge is 0.164 e. The predicted octanol–water partition coefficient (Wildman–Crippen LogP) is 2.89. The molecule has 3 aromatic rings. The summed E-state index contributed by atoms with van der Waals surface area (Å²) in [5.41, 5.74) is 3.06. The Morgan fingerprint density at radius 3 is 2.95 bits per heavy atom. The number of halogens is 1. The van der Waals surface area contributed by atoms with E-state index in [1.54, 1.807) is 23.9 Å². The first-order valence-electron chi connectivity index (χ1n) is 6.75. The summed E-state index contributed by atoms with van der Waals surface area (Å²) in [5, 5.41) is 20.0. The summed E-state index contributed by atoms with van der Waals surface area (Å²) in [5.74, 6) is 1.78.